The molecule has 0 saturated carbocycles. The van der Waals surface area contributed by atoms with E-state index in [2.05, 4.69) is 16.3 Å². The van der Waals surface area contributed by atoms with Gasteiger partial charge in [-0.3, -0.25) is 4.98 Å². The molecule has 0 unspecified atom stereocenters. The number of carbonyl (C=O) groups excluding carboxylic acids is 1. The summed E-state index contributed by atoms with van der Waals surface area (Å²) in [4.78, 5) is 15.2. The Morgan fingerprint density at radius 3 is 2.84 bits per heavy atom. The minimum absolute atomic E-state index is 0.0250. The Kier molecular flexibility index (Phi) is 5.20. The van der Waals surface area contributed by atoms with Crippen molar-refractivity contribution in [1.82, 2.24) is 9.29 Å². The van der Waals surface area contributed by atoms with Gasteiger partial charge in [0.2, 0.25) is 10.0 Å². The molecule has 0 atom stereocenters. The van der Waals surface area contributed by atoms with Crippen molar-refractivity contribution in [3.8, 4) is 0 Å². The van der Waals surface area contributed by atoms with Crippen LogP contribution in [0.4, 0.5) is 0 Å². The molecule has 0 saturated heterocycles. The second kappa shape index (κ2) is 6.44. The van der Waals surface area contributed by atoms with Gasteiger partial charge in [-0.1, -0.05) is 6.08 Å². The Bertz CT molecular complexity index is 569. The molecule has 0 aliphatic carbocycles. The fourth-order valence-electron chi connectivity index (χ4n) is 1.43. The molecule has 6 nitrogen and oxygen atoms in total. The summed E-state index contributed by atoms with van der Waals surface area (Å²) in [5, 5.41) is 0. The van der Waals surface area contributed by atoms with Crippen LogP contribution in [0.3, 0.4) is 0 Å². The van der Waals surface area contributed by atoms with Gasteiger partial charge in [-0.25, -0.2) is 17.5 Å². The van der Waals surface area contributed by atoms with E-state index in [1.165, 1.54) is 26.4 Å². The summed E-state index contributed by atoms with van der Waals surface area (Å²) in [5.41, 5.74) is -0.0250. The van der Waals surface area contributed by atoms with Gasteiger partial charge in [-0.15, -0.1) is 6.58 Å². The molecule has 0 bridgehead atoms. The average Bonchev–Trinajstić information content (AvgIpc) is 2.43. The third kappa shape index (κ3) is 3.39. The van der Waals surface area contributed by atoms with Crippen molar-refractivity contribution >= 4 is 16.0 Å². The Labute approximate surface area is 112 Å². The summed E-state index contributed by atoms with van der Waals surface area (Å²) < 4.78 is 30.4. The lowest BCUT2D eigenvalue weighted by atomic mass is 10.3. The van der Waals surface area contributed by atoms with Gasteiger partial charge in [-0.2, -0.15) is 0 Å². The SMILES string of the molecule is C=CCCN(C)S(=O)(=O)c1cnccc1C(=O)OC. The second-order valence-corrected chi connectivity index (χ2v) is 5.78. The zero-order valence-corrected chi connectivity index (χ0v) is 11.7. The minimum Gasteiger partial charge on any atom is -0.465 e. The van der Waals surface area contributed by atoms with Crippen molar-refractivity contribution in [3.63, 3.8) is 0 Å². The lowest BCUT2D eigenvalue weighted by Crippen LogP contribution is -2.29. The monoisotopic (exact) mass is 284 g/mol. The maximum atomic E-state index is 12.3. The van der Waals surface area contributed by atoms with Crippen LogP contribution in [0.5, 0.6) is 0 Å². The summed E-state index contributed by atoms with van der Waals surface area (Å²) in [6.45, 7) is 3.82. The highest BCUT2D eigenvalue weighted by Gasteiger charge is 2.26. The molecule has 1 heterocycles. The van der Waals surface area contributed by atoms with Crippen LogP contribution >= 0.6 is 0 Å². The summed E-state index contributed by atoms with van der Waals surface area (Å²) >= 11 is 0. The Morgan fingerprint density at radius 1 is 1.58 bits per heavy atom. The van der Waals surface area contributed by atoms with E-state index in [0.29, 0.717) is 6.42 Å². The Morgan fingerprint density at radius 2 is 2.26 bits per heavy atom. The van der Waals surface area contributed by atoms with Crippen LogP contribution in [0, 0.1) is 0 Å². The van der Waals surface area contributed by atoms with Gasteiger partial charge < -0.3 is 4.74 Å². The first kappa shape index (κ1) is 15.3. The number of rotatable bonds is 6. The molecule has 0 aliphatic rings. The van der Waals surface area contributed by atoms with Gasteiger partial charge in [0.05, 0.1) is 12.7 Å². The molecule has 0 amide bonds. The standard InChI is InChI=1S/C12H16N2O4S/c1-4-5-8-14(2)19(16,17)11-9-13-7-6-10(11)12(15)18-3/h4,6-7,9H,1,5,8H2,2-3H3. The van der Waals surface area contributed by atoms with Crippen molar-refractivity contribution in [2.24, 2.45) is 0 Å². The van der Waals surface area contributed by atoms with E-state index in [1.807, 2.05) is 0 Å². The largest absolute Gasteiger partial charge is 0.465 e. The van der Waals surface area contributed by atoms with Crippen molar-refractivity contribution < 1.29 is 17.9 Å². The first-order chi connectivity index (χ1) is 8.95. The van der Waals surface area contributed by atoms with E-state index in [4.69, 9.17) is 0 Å². The summed E-state index contributed by atoms with van der Waals surface area (Å²) in [5.74, 6) is -0.710. The van der Waals surface area contributed by atoms with Crippen LogP contribution in [0.1, 0.15) is 16.8 Å². The molecular weight excluding hydrogens is 268 g/mol. The molecular formula is C12H16N2O4S. The fraction of sp³-hybridized carbons (Fsp3) is 0.333. The zero-order valence-electron chi connectivity index (χ0n) is 10.9. The first-order valence-corrected chi connectivity index (χ1v) is 6.98. The molecule has 104 valence electrons. The number of carbonyl (C=O) groups is 1. The van der Waals surface area contributed by atoms with Gasteiger partial charge in [0.1, 0.15) is 4.90 Å². The van der Waals surface area contributed by atoms with Crippen LogP contribution in [-0.4, -0.2) is 44.4 Å². The average molecular weight is 284 g/mol. The number of hydrogen-bond donors (Lipinski definition) is 0. The number of methoxy groups -OCH3 is 1. The maximum absolute atomic E-state index is 12.3. The third-order valence-corrected chi connectivity index (χ3v) is 4.41. The van der Waals surface area contributed by atoms with E-state index in [1.54, 1.807) is 6.08 Å². The zero-order chi connectivity index (χ0) is 14.5. The lowest BCUT2D eigenvalue weighted by molar-refractivity contribution is 0.0596. The summed E-state index contributed by atoms with van der Waals surface area (Å²) in [6.07, 6.45) is 4.63. The van der Waals surface area contributed by atoms with E-state index in [0.717, 1.165) is 10.5 Å². The van der Waals surface area contributed by atoms with E-state index >= 15 is 0 Å². The predicted molar refractivity (Wildman–Crippen MR) is 70.2 cm³/mol. The molecule has 1 aromatic heterocycles. The van der Waals surface area contributed by atoms with Crippen LogP contribution in [0.15, 0.2) is 36.0 Å². The highest BCUT2D eigenvalue weighted by Crippen LogP contribution is 2.19. The van der Waals surface area contributed by atoms with Gasteiger partial charge in [-0.05, 0) is 12.5 Å². The minimum atomic E-state index is -3.77. The topological polar surface area (TPSA) is 76.6 Å². The normalized spacial score (nSPS) is 11.3. The van der Waals surface area contributed by atoms with Crippen molar-refractivity contribution in [2.75, 3.05) is 20.7 Å². The first-order valence-electron chi connectivity index (χ1n) is 5.54. The van der Waals surface area contributed by atoms with Crippen molar-refractivity contribution in [3.05, 3.63) is 36.7 Å². The van der Waals surface area contributed by atoms with Crippen molar-refractivity contribution in [2.45, 2.75) is 11.3 Å². The number of pyridine rings is 1. The molecule has 19 heavy (non-hydrogen) atoms. The van der Waals surface area contributed by atoms with Gasteiger partial charge in [0.25, 0.3) is 0 Å². The summed E-state index contributed by atoms with van der Waals surface area (Å²) in [6, 6.07) is 1.32. The van der Waals surface area contributed by atoms with Crippen molar-refractivity contribution in [1.29, 1.82) is 0 Å². The number of ether oxygens (including phenoxy) is 1. The highest BCUT2D eigenvalue weighted by atomic mass is 32.2. The lowest BCUT2D eigenvalue weighted by Gasteiger charge is -2.17. The number of sulfonamides is 1. The number of aromatic nitrogens is 1. The molecule has 0 radical (unpaired) electrons. The molecule has 0 fully saturated rings. The van der Waals surface area contributed by atoms with Gasteiger partial charge in [0, 0.05) is 26.0 Å². The number of esters is 1. The van der Waals surface area contributed by atoms with E-state index < -0.39 is 16.0 Å². The molecule has 7 heteroatoms. The van der Waals surface area contributed by atoms with Crippen LogP contribution in [0.25, 0.3) is 0 Å². The van der Waals surface area contributed by atoms with E-state index in [-0.39, 0.29) is 17.0 Å². The number of hydrogen-bond acceptors (Lipinski definition) is 5. The predicted octanol–water partition coefficient (Wildman–Crippen LogP) is 1.06. The second-order valence-electron chi connectivity index (χ2n) is 3.77. The quantitative estimate of drug-likeness (QED) is 0.577. The molecule has 1 rings (SSSR count). The van der Waals surface area contributed by atoms with Crippen LogP contribution in [-0.2, 0) is 14.8 Å². The number of nitrogens with zero attached hydrogens (tertiary/aromatic N) is 2. The van der Waals surface area contributed by atoms with Gasteiger partial charge >= 0.3 is 5.97 Å². The van der Waals surface area contributed by atoms with Gasteiger partial charge in [0.15, 0.2) is 0 Å². The fourth-order valence-corrected chi connectivity index (χ4v) is 2.73. The maximum Gasteiger partial charge on any atom is 0.339 e. The Balaban J connectivity index is 3.21. The Hall–Kier alpha value is -1.73. The highest BCUT2D eigenvalue weighted by molar-refractivity contribution is 7.89. The molecule has 0 N–H and O–H groups in total. The smallest absolute Gasteiger partial charge is 0.339 e. The van der Waals surface area contributed by atoms with Crippen LogP contribution in [0.2, 0.25) is 0 Å². The van der Waals surface area contributed by atoms with E-state index in [9.17, 15) is 13.2 Å². The molecule has 0 aromatic carbocycles. The molecule has 1 aromatic rings. The molecule has 0 spiro atoms. The molecule has 0 aliphatic heterocycles. The summed E-state index contributed by atoms with van der Waals surface area (Å²) in [7, 11) is -1.14. The third-order valence-electron chi connectivity index (χ3n) is 2.53. The van der Waals surface area contributed by atoms with Crippen LogP contribution < -0.4 is 0 Å².